The molecule has 0 heterocycles. The zero-order valence-corrected chi connectivity index (χ0v) is 19.1. The lowest BCUT2D eigenvalue weighted by atomic mass is 9.77. The smallest absolute Gasteiger partial charge is 0.119 e. The maximum Gasteiger partial charge on any atom is 0.119 e. The SMILES string of the molecule is COc1ccc2c(c1)c1ccccc1c1c3c(c4ccccc4c21)-c1ccccc1C3(C)C. The summed E-state index contributed by atoms with van der Waals surface area (Å²) in [5.41, 5.74) is 5.55. The molecule has 0 N–H and O–H groups in total. The Balaban J connectivity index is 1.87. The summed E-state index contributed by atoms with van der Waals surface area (Å²) in [6.07, 6.45) is 0. The van der Waals surface area contributed by atoms with Crippen molar-refractivity contribution in [1.82, 2.24) is 0 Å². The van der Waals surface area contributed by atoms with Crippen LogP contribution < -0.4 is 4.74 Å². The fraction of sp³-hybridized carbons (Fsp3) is 0.125. The molecule has 1 aliphatic rings. The minimum Gasteiger partial charge on any atom is -0.497 e. The lowest BCUT2D eigenvalue weighted by Gasteiger charge is -2.26. The van der Waals surface area contributed by atoms with Gasteiger partial charge in [-0.2, -0.15) is 0 Å². The second-order valence-electron chi connectivity index (χ2n) is 9.67. The molecule has 1 heteroatoms. The van der Waals surface area contributed by atoms with Gasteiger partial charge < -0.3 is 4.74 Å². The maximum atomic E-state index is 5.62. The quantitative estimate of drug-likeness (QED) is 0.240. The van der Waals surface area contributed by atoms with E-state index in [0.29, 0.717) is 0 Å². The number of hydrogen-bond acceptors (Lipinski definition) is 1. The molecule has 0 saturated carbocycles. The van der Waals surface area contributed by atoms with E-state index >= 15 is 0 Å². The molecule has 0 aliphatic heterocycles. The molecule has 0 fully saturated rings. The summed E-state index contributed by atoms with van der Waals surface area (Å²) in [4.78, 5) is 0. The first-order valence-electron chi connectivity index (χ1n) is 11.6. The molecule has 0 radical (unpaired) electrons. The molecule has 158 valence electrons. The van der Waals surface area contributed by atoms with Gasteiger partial charge in [-0.25, -0.2) is 0 Å². The minimum absolute atomic E-state index is 0.0862. The second kappa shape index (κ2) is 6.36. The monoisotopic (exact) mass is 424 g/mol. The van der Waals surface area contributed by atoms with E-state index in [-0.39, 0.29) is 5.41 Å². The van der Waals surface area contributed by atoms with Crippen LogP contribution in [-0.2, 0) is 5.41 Å². The van der Waals surface area contributed by atoms with Gasteiger partial charge in [0.2, 0.25) is 0 Å². The highest BCUT2D eigenvalue weighted by Crippen LogP contribution is 2.56. The van der Waals surface area contributed by atoms with Crippen molar-refractivity contribution in [3.8, 4) is 16.9 Å². The molecule has 33 heavy (non-hydrogen) atoms. The Bertz CT molecular complexity index is 1770. The van der Waals surface area contributed by atoms with Crippen LogP contribution in [0.4, 0.5) is 0 Å². The van der Waals surface area contributed by atoms with Gasteiger partial charge in [0.1, 0.15) is 5.75 Å². The average Bonchev–Trinajstić information content (AvgIpc) is 3.11. The first-order valence-corrected chi connectivity index (χ1v) is 11.6. The fourth-order valence-corrected chi connectivity index (χ4v) is 6.30. The number of methoxy groups -OCH3 is 1. The molecule has 0 atom stereocenters. The zero-order chi connectivity index (χ0) is 22.3. The van der Waals surface area contributed by atoms with E-state index in [1.54, 1.807) is 7.11 Å². The summed E-state index contributed by atoms with van der Waals surface area (Å²) in [6, 6.07) is 33.3. The van der Waals surface area contributed by atoms with Gasteiger partial charge in [0.05, 0.1) is 7.11 Å². The number of ether oxygens (including phenoxy) is 1. The second-order valence-corrected chi connectivity index (χ2v) is 9.67. The molecule has 7 rings (SSSR count). The lowest BCUT2D eigenvalue weighted by Crippen LogP contribution is -2.15. The van der Waals surface area contributed by atoms with Crippen molar-refractivity contribution in [3.05, 3.63) is 102 Å². The van der Waals surface area contributed by atoms with Crippen molar-refractivity contribution in [3.63, 3.8) is 0 Å². The third-order valence-electron chi connectivity index (χ3n) is 7.69. The third kappa shape index (κ3) is 2.27. The van der Waals surface area contributed by atoms with Crippen LogP contribution in [0.25, 0.3) is 54.2 Å². The van der Waals surface area contributed by atoms with Gasteiger partial charge in [-0.05, 0) is 77.5 Å². The topological polar surface area (TPSA) is 9.23 Å². The summed E-state index contributed by atoms with van der Waals surface area (Å²) in [5, 5.41) is 10.5. The van der Waals surface area contributed by atoms with Crippen LogP contribution in [0, 0.1) is 0 Å². The molecule has 1 nitrogen and oxygen atoms in total. The summed E-state index contributed by atoms with van der Waals surface area (Å²) in [6.45, 7) is 4.78. The van der Waals surface area contributed by atoms with Gasteiger partial charge in [-0.3, -0.25) is 0 Å². The third-order valence-corrected chi connectivity index (χ3v) is 7.69. The average molecular weight is 425 g/mol. The van der Waals surface area contributed by atoms with E-state index in [1.807, 2.05) is 0 Å². The molecule has 0 spiro atoms. The number of benzene rings is 6. The van der Waals surface area contributed by atoms with Gasteiger partial charge in [0.25, 0.3) is 0 Å². The van der Waals surface area contributed by atoms with Crippen LogP contribution in [0.15, 0.2) is 91.0 Å². The van der Waals surface area contributed by atoms with Crippen LogP contribution in [0.2, 0.25) is 0 Å². The highest BCUT2D eigenvalue weighted by molar-refractivity contribution is 6.35. The standard InChI is InChI=1S/C32H24O/c1-32(2)27-15-9-8-14-25(27)29-23-13-7-6-12-22(23)28-24-17-16-19(33-3)18-26(24)20-10-4-5-11-21(20)30(28)31(29)32/h4-18H,1-3H3. The minimum atomic E-state index is -0.0862. The van der Waals surface area contributed by atoms with E-state index in [2.05, 4.69) is 105 Å². The molecule has 0 saturated heterocycles. The van der Waals surface area contributed by atoms with Crippen LogP contribution >= 0.6 is 0 Å². The number of fused-ring (bicyclic) bond motifs is 13. The fourth-order valence-electron chi connectivity index (χ4n) is 6.30. The van der Waals surface area contributed by atoms with Crippen molar-refractivity contribution in [2.45, 2.75) is 19.3 Å². The van der Waals surface area contributed by atoms with Gasteiger partial charge >= 0.3 is 0 Å². The van der Waals surface area contributed by atoms with Crippen LogP contribution in [0.5, 0.6) is 5.75 Å². The predicted octanol–water partition coefficient (Wildman–Crippen LogP) is 8.61. The van der Waals surface area contributed by atoms with E-state index < -0.39 is 0 Å². The predicted molar refractivity (Wildman–Crippen MR) is 141 cm³/mol. The summed E-state index contributed by atoms with van der Waals surface area (Å²) < 4.78 is 5.62. The Morgan fingerprint density at radius 3 is 1.94 bits per heavy atom. The molecule has 0 unspecified atom stereocenters. The van der Waals surface area contributed by atoms with Crippen LogP contribution in [0.3, 0.4) is 0 Å². The summed E-state index contributed by atoms with van der Waals surface area (Å²) in [7, 11) is 1.74. The molecule has 0 amide bonds. The Morgan fingerprint density at radius 1 is 0.576 bits per heavy atom. The van der Waals surface area contributed by atoms with Crippen molar-refractivity contribution >= 4 is 43.1 Å². The molecule has 6 aromatic carbocycles. The van der Waals surface area contributed by atoms with Gasteiger partial charge in [0, 0.05) is 5.41 Å². The highest BCUT2D eigenvalue weighted by atomic mass is 16.5. The molecule has 0 aromatic heterocycles. The molecule has 1 aliphatic carbocycles. The van der Waals surface area contributed by atoms with E-state index in [4.69, 9.17) is 4.74 Å². The van der Waals surface area contributed by atoms with E-state index in [0.717, 1.165) is 5.75 Å². The van der Waals surface area contributed by atoms with Crippen LogP contribution in [-0.4, -0.2) is 7.11 Å². The largest absolute Gasteiger partial charge is 0.497 e. The van der Waals surface area contributed by atoms with Crippen molar-refractivity contribution in [2.24, 2.45) is 0 Å². The normalized spacial score (nSPS) is 14.2. The zero-order valence-electron chi connectivity index (χ0n) is 19.1. The first kappa shape index (κ1) is 18.7. The molecular formula is C32H24O. The van der Waals surface area contributed by atoms with Gasteiger partial charge in [0.15, 0.2) is 0 Å². The first-order chi connectivity index (χ1) is 16.1. The molecular weight excluding hydrogens is 400 g/mol. The Labute approximate surface area is 193 Å². The van der Waals surface area contributed by atoms with E-state index in [1.165, 1.54) is 65.3 Å². The summed E-state index contributed by atoms with van der Waals surface area (Å²) in [5.74, 6) is 0.894. The molecule has 0 bridgehead atoms. The van der Waals surface area contributed by atoms with Gasteiger partial charge in [-0.15, -0.1) is 0 Å². The lowest BCUT2D eigenvalue weighted by molar-refractivity contribution is 0.415. The molecule has 6 aromatic rings. The maximum absolute atomic E-state index is 5.62. The number of hydrogen-bond donors (Lipinski definition) is 0. The van der Waals surface area contributed by atoms with E-state index in [9.17, 15) is 0 Å². The van der Waals surface area contributed by atoms with Crippen molar-refractivity contribution in [1.29, 1.82) is 0 Å². The Kier molecular flexibility index (Phi) is 3.60. The Morgan fingerprint density at radius 2 is 1.18 bits per heavy atom. The van der Waals surface area contributed by atoms with Crippen molar-refractivity contribution < 1.29 is 4.74 Å². The highest BCUT2D eigenvalue weighted by Gasteiger charge is 2.38. The Hall–Kier alpha value is -3.84. The van der Waals surface area contributed by atoms with Crippen LogP contribution in [0.1, 0.15) is 25.0 Å². The number of rotatable bonds is 1. The summed E-state index contributed by atoms with van der Waals surface area (Å²) >= 11 is 0. The van der Waals surface area contributed by atoms with Crippen molar-refractivity contribution in [2.75, 3.05) is 7.11 Å². The van der Waals surface area contributed by atoms with Gasteiger partial charge in [-0.1, -0.05) is 92.7 Å².